The van der Waals surface area contributed by atoms with Crippen LogP contribution in [0.4, 0.5) is 10.1 Å². The van der Waals surface area contributed by atoms with Crippen molar-refractivity contribution in [3.8, 4) is 11.4 Å². The monoisotopic (exact) mass is 406 g/mol. The number of aryl methyl sites for hydroxylation is 2. The molecular formula is C21H19FN6O2. The van der Waals surface area contributed by atoms with Crippen LogP contribution in [0, 0.1) is 12.7 Å². The van der Waals surface area contributed by atoms with Crippen LogP contribution in [0.1, 0.15) is 23.5 Å². The van der Waals surface area contributed by atoms with Crippen molar-refractivity contribution in [3.63, 3.8) is 0 Å². The Morgan fingerprint density at radius 1 is 1.23 bits per heavy atom. The highest BCUT2D eigenvalue weighted by molar-refractivity contribution is 6.07. The summed E-state index contributed by atoms with van der Waals surface area (Å²) in [5, 5.41) is 17.0. The Balaban J connectivity index is 1.63. The van der Waals surface area contributed by atoms with E-state index in [1.165, 1.54) is 18.3 Å². The zero-order valence-electron chi connectivity index (χ0n) is 16.4. The molecule has 2 amide bonds. The second-order valence-electron chi connectivity index (χ2n) is 7.09. The Labute approximate surface area is 171 Å². The smallest absolute Gasteiger partial charge is 0.253 e. The molecule has 0 saturated heterocycles. The summed E-state index contributed by atoms with van der Waals surface area (Å²) in [5.74, 6) is -0.821. The van der Waals surface area contributed by atoms with E-state index in [1.807, 2.05) is 19.1 Å². The molecule has 0 spiro atoms. The topological polar surface area (TPSA) is 102 Å². The van der Waals surface area contributed by atoms with Gasteiger partial charge in [0.1, 0.15) is 5.82 Å². The first-order valence-electron chi connectivity index (χ1n) is 9.32. The molecule has 0 bridgehead atoms. The maximum atomic E-state index is 13.3. The van der Waals surface area contributed by atoms with Crippen LogP contribution in [0.15, 0.2) is 54.2 Å². The van der Waals surface area contributed by atoms with Gasteiger partial charge in [-0.3, -0.25) is 9.59 Å². The molecule has 1 unspecified atom stereocenters. The Hall–Kier alpha value is -3.88. The molecule has 152 valence electrons. The molecule has 0 radical (unpaired) electrons. The van der Waals surface area contributed by atoms with Gasteiger partial charge in [0.05, 0.1) is 0 Å². The minimum Gasteiger partial charge on any atom is -0.332 e. The summed E-state index contributed by atoms with van der Waals surface area (Å²) in [7, 11) is 1.73. The third-order valence-electron chi connectivity index (χ3n) is 5.05. The number of nitrogens with zero attached hydrogens (tertiary/aromatic N) is 4. The van der Waals surface area contributed by atoms with Gasteiger partial charge in [0, 0.05) is 42.4 Å². The molecular weight excluding hydrogens is 387 g/mol. The summed E-state index contributed by atoms with van der Waals surface area (Å²) < 4.78 is 14.9. The largest absolute Gasteiger partial charge is 0.332 e. The first-order chi connectivity index (χ1) is 14.4. The Morgan fingerprint density at radius 3 is 2.70 bits per heavy atom. The maximum absolute atomic E-state index is 13.3. The number of tetrazole rings is 1. The van der Waals surface area contributed by atoms with Crippen LogP contribution in [0.3, 0.4) is 0 Å². The molecule has 0 fully saturated rings. The molecule has 8 nitrogen and oxygen atoms in total. The number of benzene rings is 2. The summed E-state index contributed by atoms with van der Waals surface area (Å²) in [4.78, 5) is 25.0. The summed E-state index contributed by atoms with van der Waals surface area (Å²) in [6.45, 7) is 1.88. The highest BCUT2D eigenvalue weighted by Crippen LogP contribution is 2.32. The van der Waals surface area contributed by atoms with E-state index in [2.05, 4.69) is 26.2 Å². The second-order valence-corrected chi connectivity index (χ2v) is 7.09. The van der Waals surface area contributed by atoms with E-state index in [0.717, 1.165) is 11.1 Å². The summed E-state index contributed by atoms with van der Waals surface area (Å²) in [6, 6.07) is 11.4. The lowest BCUT2D eigenvalue weighted by Crippen LogP contribution is -2.32. The molecule has 1 aliphatic rings. The van der Waals surface area contributed by atoms with Crippen LogP contribution in [0.25, 0.3) is 11.4 Å². The Bertz CT molecular complexity index is 1150. The molecule has 0 saturated carbocycles. The third kappa shape index (κ3) is 3.82. The van der Waals surface area contributed by atoms with Gasteiger partial charge in [-0.15, -0.1) is 5.10 Å². The Kier molecular flexibility index (Phi) is 5.09. The molecule has 9 heteroatoms. The SMILES string of the molecule is Cc1ccc(-c2nnnn2C)cc1NC(=O)C1=CNC(=O)CC1c1ccc(F)cc1. The number of carbonyl (C=O) groups excluding carboxylic acids is 2. The second kappa shape index (κ2) is 7.86. The molecule has 2 heterocycles. The molecule has 1 aromatic heterocycles. The van der Waals surface area contributed by atoms with Gasteiger partial charge in [-0.25, -0.2) is 9.07 Å². The molecule has 1 aliphatic heterocycles. The van der Waals surface area contributed by atoms with Gasteiger partial charge in [0.15, 0.2) is 5.82 Å². The minimum absolute atomic E-state index is 0.106. The van der Waals surface area contributed by atoms with Gasteiger partial charge in [0.25, 0.3) is 5.91 Å². The summed E-state index contributed by atoms with van der Waals surface area (Å²) in [5.41, 5.74) is 3.32. The van der Waals surface area contributed by atoms with Gasteiger partial charge < -0.3 is 10.6 Å². The quantitative estimate of drug-likeness (QED) is 0.693. The van der Waals surface area contributed by atoms with Crippen molar-refractivity contribution < 1.29 is 14.0 Å². The number of carbonyl (C=O) groups is 2. The number of nitrogens with one attached hydrogen (secondary N) is 2. The fourth-order valence-electron chi connectivity index (χ4n) is 3.39. The highest BCUT2D eigenvalue weighted by atomic mass is 19.1. The van der Waals surface area contributed by atoms with Crippen LogP contribution >= 0.6 is 0 Å². The number of hydrogen-bond acceptors (Lipinski definition) is 5. The standard InChI is InChI=1S/C21H19FN6O2/c1-12-3-4-14(20-25-26-27-28(20)2)9-18(12)24-21(30)17-11-23-19(29)10-16(17)13-5-7-15(22)8-6-13/h3-9,11,16H,10H2,1-2H3,(H,23,29)(H,24,30). The highest BCUT2D eigenvalue weighted by Gasteiger charge is 2.29. The number of hydrogen-bond donors (Lipinski definition) is 2. The molecule has 2 aromatic carbocycles. The zero-order valence-corrected chi connectivity index (χ0v) is 16.4. The van der Waals surface area contributed by atoms with Crippen LogP contribution in [0.5, 0.6) is 0 Å². The van der Waals surface area contributed by atoms with Gasteiger partial charge in [-0.2, -0.15) is 0 Å². The van der Waals surface area contributed by atoms with E-state index in [4.69, 9.17) is 0 Å². The summed E-state index contributed by atoms with van der Waals surface area (Å²) >= 11 is 0. The molecule has 0 aliphatic carbocycles. The van der Waals surface area contributed by atoms with E-state index in [1.54, 1.807) is 29.9 Å². The molecule has 1 atom stereocenters. The van der Waals surface area contributed by atoms with Gasteiger partial charge in [-0.1, -0.05) is 24.3 Å². The zero-order chi connectivity index (χ0) is 21.3. The van der Waals surface area contributed by atoms with E-state index in [0.29, 0.717) is 22.6 Å². The van der Waals surface area contributed by atoms with Crippen LogP contribution in [0.2, 0.25) is 0 Å². The first-order valence-corrected chi connectivity index (χ1v) is 9.32. The molecule has 30 heavy (non-hydrogen) atoms. The van der Waals surface area contributed by atoms with Gasteiger partial charge in [0.2, 0.25) is 5.91 Å². The fourth-order valence-corrected chi connectivity index (χ4v) is 3.39. The number of halogens is 1. The minimum atomic E-state index is -0.467. The lowest BCUT2D eigenvalue weighted by Gasteiger charge is -2.24. The van der Waals surface area contributed by atoms with Crippen LogP contribution < -0.4 is 10.6 Å². The van der Waals surface area contributed by atoms with Crippen molar-refractivity contribution in [2.75, 3.05) is 5.32 Å². The normalized spacial score (nSPS) is 16.0. The number of anilines is 1. The maximum Gasteiger partial charge on any atom is 0.253 e. The van der Waals surface area contributed by atoms with Crippen molar-refractivity contribution >= 4 is 17.5 Å². The van der Waals surface area contributed by atoms with Crippen molar-refractivity contribution in [1.29, 1.82) is 0 Å². The third-order valence-corrected chi connectivity index (χ3v) is 5.05. The average molecular weight is 406 g/mol. The molecule has 2 N–H and O–H groups in total. The van der Waals surface area contributed by atoms with Gasteiger partial charge >= 0.3 is 0 Å². The summed E-state index contributed by atoms with van der Waals surface area (Å²) in [6.07, 6.45) is 1.52. The lowest BCUT2D eigenvalue weighted by molar-refractivity contribution is -0.121. The van der Waals surface area contributed by atoms with Crippen molar-refractivity contribution in [2.24, 2.45) is 7.05 Å². The predicted octanol–water partition coefficient (Wildman–Crippen LogP) is 2.45. The predicted molar refractivity (Wildman–Crippen MR) is 108 cm³/mol. The van der Waals surface area contributed by atoms with Crippen molar-refractivity contribution in [2.45, 2.75) is 19.3 Å². The van der Waals surface area contributed by atoms with Gasteiger partial charge in [-0.05, 0) is 46.7 Å². The fraction of sp³-hybridized carbons (Fsp3) is 0.190. The molecule has 3 aromatic rings. The average Bonchev–Trinajstić information content (AvgIpc) is 3.16. The lowest BCUT2D eigenvalue weighted by atomic mass is 9.86. The van der Waals surface area contributed by atoms with Crippen molar-refractivity contribution in [3.05, 3.63) is 71.2 Å². The van der Waals surface area contributed by atoms with E-state index in [9.17, 15) is 14.0 Å². The number of rotatable bonds is 4. The number of aromatic nitrogens is 4. The van der Waals surface area contributed by atoms with Crippen LogP contribution in [-0.2, 0) is 16.6 Å². The Morgan fingerprint density at radius 2 is 2.00 bits per heavy atom. The van der Waals surface area contributed by atoms with E-state index >= 15 is 0 Å². The first kappa shape index (κ1) is 19.4. The van der Waals surface area contributed by atoms with Crippen LogP contribution in [-0.4, -0.2) is 32.0 Å². The van der Waals surface area contributed by atoms with E-state index in [-0.39, 0.29) is 24.1 Å². The number of amides is 2. The van der Waals surface area contributed by atoms with Crippen molar-refractivity contribution in [1.82, 2.24) is 25.5 Å². The van der Waals surface area contributed by atoms with E-state index < -0.39 is 5.92 Å². The molecule has 4 rings (SSSR count).